The minimum Gasteiger partial charge on any atom is -0.310 e. The highest BCUT2D eigenvalue weighted by molar-refractivity contribution is 6.11. The molecule has 0 amide bonds. The fourth-order valence-corrected chi connectivity index (χ4v) is 7.22. The van der Waals surface area contributed by atoms with Crippen molar-refractivity contribution in [2.45, 2.75) is 0 Å². The lowest BCUT2D eigenvalue weighted by molar-refractivity contribution is 1.16. The predicted molar refractivity (Wildman–Crippen MR) is 222 cm³/mol. The van der Waals surface area contributed by atoms with E-state index in [1.807, 2.05) is 121 Å². The van der Waals surface area contributed by atoms with E-state index in [0.717, 1.165) is 72.6 Å². The largest absolute Gasteiger partial charge is 0.310 e. The monoisotopic (exact) mass is 715 g/mol. The normalized spacial score (nSPS) is 10.8. The Bertz CT molecular complexity index is 2920. The van der Waals surface area contributed by atoms with Gasteiger partial charge in [-0.2, -0.15) is 15.8 Å². The Morgan fingerprint density at radius 2 is 0.982 bits per heavy atom. The van der Waals surface area contributed by atoms with Crippen LogP contribution < -0.4 is 4.90 Å². The van der Waals surface area contributed by atoms with E-state index >= 15 is 0 Å². The average Bonchev–Trinajstić information content (AvgIpc) is 3.60. The van der Waals surface area contributed by atoms with Gasteiger partial charge in [-0.05, 0) is 91.0 Å². The van der Waals surface area contributed by atoms with Crippen molar-refractivity contribution < 1.29 is 0 Å². The van der Waals surface area contributed by atoms with Gasteiger partial charge in [0.2, 0.25) is 0 Å². The van der Waals surface area contributed by atoms with Crippen LogP contribution in [0.15, 0.2) is 176 Å². The SMILES string of the molecule is N#Cc1ccc(N(c2ccc(C#N)cc2)c2ccc3c(c2)c2ccccc2n3-c2ccc(-c3cc(-c4ccccc4)nc(-c4ccccc4)n3)cc2C#N)cc1. The molecule has 0 aliphatic carbocycles. The predicted octanol–water partition coefficient (Wildman–Crippen LogP) is 11.7. The summed E-state index contributed by atoms with van der Waals surface area (Å²) in [4.78, 5) is 12.0. The number of fused-ring (bicyclic) bond motifs is 3. The highest BCUT2D eigenvalue weighted by Crippen LogP contribution is 2.40. The van der Waals surface area contributed by atoms with Crippen LogP contribution in [-0.2, 0) is 0 Å². The number of anilines is 3. The van der Waals surface area contributed by atoms with Crippen molar-refractivity contribution in [3.63, 3.8) is 0 Å². The number of nitriles is 3. The molecule has 0 unspecified atom stereocenters. The second-order valence-electron chi connectivity index (χ2n) is 13.2. The van der Waals surface area contributed by atoms with E-state index in [-0.39, 0.29) is 0 Å². The van der Waals surface area contributed by atoms with Crippen LogP contribution in [0, 0.1) is 34.0 Å². The summed E-state index contributed by atoms with van der Waals surface area (Å²) >= 11 is 0. The molecule has 7 aromatic carbocycles. The van der Waals surface area contributed by atoms with Crippen LogP contribution in [0.4, 0.5) is 17.1 Å². The zero-order chi connectivity index (χ0) is 38.0. The van der Waals surface area contributed by atoms with Gasteiger partial charge < -0.3 is 9.47 Å². The molecular weight excluding hydrogens is 687 g/mol. The van der Waals surface area contributed by atoms with E-state index in [0.29, 0.717) is 22.5 Å². The summed E-state index contributed by atoms with van der Waals surface area (Å²) in [5.74, 6) is 0.610. The maximum atomic E-state index is 10.7. The summed E-state index contributed by atoms with van der Waals surface area (Å²) in [7, 11) is 0. The third kappa shape index (κ3) is 6.06. The Labute approximate surface area is 323 Å². The van der Waals surface area contributed by atoms with Gasteiger partial charge in [-0.1, -0.05) is 84.9 Å². The van der Waals surface area contributed by atoms with E-state index < -0.39 is 0 Å². The lowest BCUT2D eigenvalue weighted by atomic mass is 10.0. The first kappa shape index (κ1) is 33.5. The Kier molecular flexibility index (Phi) is 8.53. The molecule has 0 N–H and O–H groups in total. The summed E-state index contributed by atoms with van der Waals surface area (Å²) in [6, 6.07) is 64.2. The lowest BCUT2D eigenvalue weighted by Crippen LogP contribution is -2.10. The first-order valence-corrected chi connectivity index (χ1v) is 18.0. The van der Waals surface area contributed by atoms with Gasteiger partial charge in [0, 0.05) is 44.5 Å². The van der Waals surface area contributed by atoms with Crippen LogP contribution in [0.1, 0.15) is 16.7 Å². The molecular formula is C49H29N7. The van der Waals surface area contributed by atoms with Crippen molar-refractivity contribution in [1.29, 1.82) is 15.8 Å². The summed E-state index contributed by atoms with van der Waals surface area (Å²) < 4.78 is 2.15. The van der Waals surface area contributed by atoms with Crippen molar-refractivity contribution in [1.82, 2.24) is 14.5 Å². The molecule has 0 radical (unpaired) electrons. The van der Waals surface area contributed by atoms with Crippen molar-refractivity contribution in [3.8, 4) is 57.8 Å². The molecule has 2 heterocycles. The number of nitrogens with zero attached hydrogens (tertiary/aromatic N) is 7. The Balaban J connectivity index is 1.19. The van der Waals surface area contributed by atoms with E-state index in [1.165, 1.54) is 0 Å². The second kappa shape index (κ2) is 14.3. The fraction of sp³-hybridized carbons (Fsp3) is 0. The van der Waals surface area contributed by atoms with E-state index in [4.69, 9.17) is 9.97 Å². The molecule has 0 saturated carbocycles. The number of para-hydroxylation sites is 1. The van der Waals surface area contributed by atoms with Crippen LogP contribution in [0.5, 0.6) is 0 Å². The third-order valence-corrected chi connectivity index (χ3v) is 9.90. The smallest absolute Gasteiger partial charge is 0.160 e. The number of rotatable bonds is 7. The van der Waals surface area contributed by atoms with Crippen LogP contribution >= 0.6 is 0 Å². The summed E-state index contributed by atoms with van der Waals surface area (Å²) in [6.45, 7) is 0. The van der Waals surface area contributed by atoms with E-state index in [2.05, 4.69) is 58.0 Å². The number of hydrogen-bond donors (Lipinski definition) is 0. The van der Waals surface area contributed by atoms with Crippen LogP contribution in [0.3, 0.4) is 0 Å². The topological polar surface area (TPSA) is 105 Å². The van der Waals surface area contributed by atoms with Crippen LogP contribution in [0.2, 0.25) is 0 Å². The maximum Gasteiger partial charge on any atom is 0.160 e. The van der Waals surface area contributed by atoms with Gasteiger partial charge >= 0.3 is 0 Å². The molecule has 0 fully saturated rings. The molecule has 260 valence electrons. The molecule has 2 aromatic heterocycles. The second-order valence-corrected chi connectivity index (χ2v) is 13.2. The Morgan fingerprint density at radius 1 is 0.429 bits per heavy atom. The quantitative estimate of drug-likeness (QED) is 0.163. The van der Waals surface area contributed by atoms with Crippen molar-refractivity contribution in [2.75, 3.05) is 4.90 Å². The first-order chi connectivity index (χ1) is 27.6. The molecule has 0 saturated heterocycles. The van der Waals surface area contributed by atoms with Gasteiger partial charge in [0.1, 0.15) is 6.07 Å². The summed E-state index contributed by atoms with van der Waals surface area (Å²) in [6.07, 6.45) is 0. The molecule has 0 aliphatic heterocycles. The van der Waals surface area contributed by atoms with Gasteiger partial charge in [-0.3, -0.25) is 0 Å². The van der Waals surface area contributed by atoms with E-state index in [9.17, 15) is 15.8 Å². The van der Waals surface area contributed by atoms with Gasteiger partial charge in [0.15, 0.2) is 5.82 Å². The Hall–Kier alpha value is -8.31. The standard InChI is InChI=1S/C49H29N7/c50-30-33-15-20-39(21-16-33)55(40-22-17-34(31-51)18-23-40)41-24-26-48-43(28-41)42-13-7-8-14-47(42)56(48)46-25-19-37(27-38(46)32-52)45-29-44(35-9-3-1-4-10-35)53-49(54-45)36-11-5-2-6-12-36/h1-29H. The molecule has 7 heteroatoms. The molecule has 0 spiro atoms. The minimum absolute atomic E-state index is 0.507. The molecule has 9 rings (SSSR count). The van der Waals surface area contributed by atoms with Crippen molar-refractivity contribution in [2.24, 2.45) is 0 Å². The third-order valence-electron chi connectivity index (χ3n) is 9.90. The Morgan fingerprint density at radius 3 is 1.61 bits per heavy atom. The van der Waals surface area contributed by atoms with Crippen LogP contribution in [-0.4, -0.2) is 14.5 Å². The van der Waals surface area contributed by atoms with Gasteiger partial charge in [-0.25, -0.2) is 9.97 Å². The van der Waals surface area contributed by atoms with Gasteiger partial charge in [0.05, 0.1) is 56.9 Å². The van der Waals surface area contributed by atoms with Gasteiger partial charge in [-0.15, -0.1) is 0 Å². The van der Waals surface area contributed by atoms with E-state index in [1.54, 1.807) is 24.3 Å². The number of aromatic nitrogens is 3. The van der Waals surface area contributed by atoms with Gasteiger partial charge in [0.25, 0.3) is 0 Å². The average molecular weight is 716 g/mol. The number of benzene rings is 7. The molecule has 56 heavy (non-hydrogen) atoms. The maximum absolute atomic E-state index is 10.7. The highest BCUT2D eigenvalue weighted by atomic mass is 15.1. The molecule has 0 aliphatic rings. The zero-order valence-electron chi connectivity index (χ0n) is 29.9. The first-order valence-electron chi connectivity index (χ1n) is 18.0. The lowest BCUT2D eigenvalue weighted by Gasteiger charge is -2.25. The highest BCUT2D eigenvalue weighted by Gasteiger charge is 2.20. The minimum atomic E-state index is 0.507. The fourth-order valence-electron chi connectivity index (χ4n) is 7.22. The van der Waals surface area contributed by atoms with Crippen molar-refractivity contribution >= 4 is 38.9 Å². The molecule has 9 aromatic rings. The van der Waals surface area contributed by atoms with Crippen LogP contribution in [0.25, 0.3) is 61.4 Å². The molecule has 0 bridgehead atoms. The summed E-state index contributed by atoms with van der Waals surface area (Å²) in [5, 5.41) is 31.7. The zero-order valence-corrected chi connectivity index (χ0v) is 29.9. The molecule has 0 atom stereocenters. The number of hydrogen-bond acceptors (Lipinski definition) is 6. The van der Waals surface area contributed by atoms with Crippen molar-refractivity contribution in [3.05, 3.63) is 193 Å². The summed E-state index contributed by atoms with van der Waals surface area (Å²) in [5.41, 5.74) is 11.2. The molecule has 7 nitrogen and oxygen atoms in total.